The van der Waals surface area contributed by atoms with E-state index in [4.69, 9.17) is 0 Å². The van der Waals surface area contributed by atoms with E-state index in [0.29, 0.717) is 6.54 Å². The third-order valence-corrected chi connectivity index (χ3v) is 3.55. The van der Waals surface area contributed by atoms with Crippen molar-refractivity contribution in [2.24, 2.45) is 0 Å². The highest BCUT2D eigenvalue weighted by Crippen LogP contribution is 2.16. The van der Waals surface area contributed by atoms with Crippen molar-refractivity contribution in [1.29, 1.82) is 0 Å². The number of nitrogens with zero attached hydrogens (tertiary/aromatic N) is 5. The number of nitrogens with one attached hydrogen (secondary N) is 1. The van der Waals surface area contributed by atoms with Crippen molar-refractivity contribution >= 4 is 22.5 Å². The number of hydrogen-bond donors (Lipinski definition) is 1. The van der Waals surface area contributed by atoms with Gasteiger partial charge in [-0.05, 0) is 25.1 Å². The molecule has 6 heteroatoms. The standard InChI is InChI=1S/C16H14N6/c1-11-16(21-14-5-3-2-4-13(14)20-11)18-10-12-6-8-17-15-7-9-19-22(12)15/h2-9H,10H2,1H3,(H,18,21). The second-order valence-electron chi connectivity index (χ2n) is 5.04. The summed E-state index contributed by atoms with van der Waals surface area (Å²) in [4.78, 5) is 13.5. The van der Waals surface area contributed by atoms with Crippen molar-refractivity contribution in [3.63, 3.8) is 0 Å². The number of benzene rings is 1. The Morgan fingerprint density at radius 3 is 2.68 bits per heavy atom. The SMILES string of the molecule is Cc1nc2ccccc2nc1NCc1ccnc2ccnn12. The van der Waals surface area contributed by atoms with E-state index in [1.807, 2.05) is 47.8 Å². The first-order chi connectivity index (χ1) is 10.8. The summed E-state index contributed by atoms with van der Waals surface area (Å²) in [5.74, 6) is 0.788. The summed E-state index contributed by atoms with van der Waals surface area (Å²) >= 11 is 0. The number of aryl methyl sites for hydroxylation is 1. The van der Waals surface area contributed by atoms with Crippen molar-refractivity contribution in [3.05, 3.63) is 60.2 Å². The molecule has 0 fully saturated rings. The molecule has 0 atom stereocenters. The highest BCUT2D eigenvalue weighted by molar-refractivity contribution is 5.76. The molecule has 0 aliphatic heterocycles. The van der Waals surface area contributed by atoms with E-state index in [1.54, 1.807) is 12.4 Å². The predicted octanol–water partition coefficient (Wildman–Crippen LogP) is 2.59. The fourth-order valence-electron chi connectivity index (χ4n) is 2.45. The lowest BCUT2D eigenvalue weighted by Crippen LogP contribution is -2.09. The number of aromatic nitrogens is 5. The van der Waals surface area contributed by atoms with Crippen LogP contribution in [0.2, 0.25) is 0 Å². The molecule has 108 valence electrons. The smallest absolute Gasteiger partial charge is 0.155 e. The summed E-state index contributed by atoms with van der Waals surface area (Å²) in [7, 11) is 0. The number of rotatable bonds is 3. The van der Waals surface area contributed by atoms with Crippen LogP contribution in [0, 0.1) is 6.92 Å². The maximum absolute atomic E-state index is 4.64. The zero-order valence-electron chi connectivity index (χ0n) is 12.1. The van der Waals surface area contributed by atoms with Gasteiger partial charge in [-0.25, -0.2) is 19.5 Å². The molecular weight excluding hydrogens is 276 g/mol. The van der Waals surface area contributed by atoms with Gasteiger partial charge in [-0.2, -0.15) is 5.10 Å². The van der Waals surface area contributed by atoms with E-state index >= 15 is 0 Å². The fraction of sp³-hybridized carbons (Fsp3) is 0.125. The summed E-state index contributed by atoms with van der Waals surface area (Å²) < 4.78 is 1.82. The van der Waals surface area contributed by atoms with Gasteiger partial charge in [0.05, 0.1) is 35.2 Å². The maximum Gasteiger partial charge on any atom is 0.155 e. The molecule has 4 rings (SSSR count). The lowest BCUT2D eigenvalue weighted by atomic mass is 10.3. The molecule has 0 spiro atoms. The van der Waals surface area contributed by atoms with Crippen LogP contribution < -0.4 is 5.32 Å². The molecule has 6 nitrogen and oxygen atoms in total. The van der Waals surface area contributed by atoms with Crippen LogP contribution >= 0.6 is 0 Å². The second-order valence-corrected chi connectivity index (χ2v) is 5.04. The van der Waals surface area contributed by atoms with Gasteiger partial charge in [0.1, 0.15) is 5.82 Å². The van der Waals surface area contributed by atoms with Gasteiger partial charge in [-0.1, -0.05) is 12.1 Å². The van der Waals surface area contributed by atoms with Crippen molar-refractivity contribution < 1.29 is 0 Å². The van der Waals surface area contributed by atoms with E-state index < -0.39 is 0 Å². The van der Waals surface area contributed by atoms with E-state index in [9.17, 15) is 0 Å². The van der Waals surface area contributed by atoms with Crippen LogP contribution in [0.15, 0.2) is 48.8 Å². The molecule has 0 aliphatic rings. The first kappa shape index (κ1) is 12.7. The Bertz CT molecular complexity index is 959. The third-order valence-electron chi connectivity index (χ3n) is 3.55. The lowest BCUT2D eigenvalue weighted by molar-refractivity contribution is 0.851. The molecule has 0 unspecified atom stereocenters. The maximum atomic E-state index is 4.64. The highest BCUT2D eigenvalue weighted by atomic mass is 15.3. The van der Waals surface area contributed by atoms with E-state index in [1.165, 1.54) is 0 Å². The Labute approximate surface area is 126 Å². The lowest BCUT2D eigenvalue weighted by Gasteiger charge is -2.10. The van der Waals surface area contributed by atoms with Crippen molar-refractivity contribution in [2.45, 2.75) is 13.5 Å². The average Bonchev–Trinajstić information content (AvgIpc) is 3.02. The summed E-state index contributed by atoms with van der Waals surface area (Å²) in [6, 6.07) is 11.7. The predicted molar refractivity (Wildman–Crippen MR) is 84.6 cm³/mol. The van der Waals surface area contributed by atoms with Gasteiger partial charge in [-0.15, -0.1) is 0 Å². The number of para-hydroxylation sites is 2. The van der Waals surface area contributed by atoms with Gasteiger partial charge >= 0.3 is 0 Å². The summed E-state index contributed by atoms with van der Waals surface area (Å²) in [5, 5.41) is 7.62. The molecule has 0 saturated heterocycles. The second kappa shape index (κ2) is 5.07. The van der Waals surface area contributed by atoms with Gasteiger partial charge in [0.25, 0.3) is 0 Å². The largest absolute Gasteiger partial charge is 0.363 e. The molecular formula is C16H14N6. The van der Waals surface area contributed by atoms with Crippen molar-refractivity contribution in [1.82, 2.24) is 24.6 Å². The fourth-order valence-corrected chi connectivity index (χ4v) is 2.45. The zero-order valence-corrected chi connectivity index (χ0v) is 12.1. The molecule has 1 aromatic carbocycles. The van der Waals surface area contributed by atoms with Crippen molar-refractivity contribution in [2.75, 3.05) is 5.32 Å². The first-order valence-electron chi connectivity index (χ1n) is 7.06. The monoisotopic (exact) mass is 290 g/mol. The van der Waals surface area contributed by atoms with E-state index in [-0.39, 0.29) is 0 Å². The van der Waals surface area contributed by atoms with Gasteiger partial charge in [-0.3, -0.25) is 0 Å². The third kappa shape index (κ3) is 2.14. The summed E-state index contributed by atoms with van der Waals surface area (Å²) in [6.07, 6.45) is 3.53. The molecule has 0 saturated carbocycles. The Balaban J connectivity index is 1.66. The van der Waals surface area contributed by atoms with Gasteiger partial charge in [0, 0.05) is 12.3 Å². The van der Waals surface area contributed by atoms with Crippen LogP contribution in [0.5, 0.6) is 0 Å². The minimum absolute atomic E-state index is 0.606. The van der Waals surface area contributed by atoms with Crippen LogP contribution in [-0.2, 0) is 6.54 Å². The van der Waals surface area contributed by atoms with Crippen LogP contribution in [0.3, 0.4) is 0 Å². The first-order valence-corrected chi connectivity index (χ1v) is 7.06. The van der Waals surface area contributed by atoms with E-state index in [2.05, 4.69) is 25.4 Å². The molecule has 0 aliphatic carbocycles. The minimum Gasteiger partial charge on any atom is -0.363 e. The molecule has 3 aromatic heterocycles. The zero-order chi connectivity index (χ0) is 14.9. The molecule has 0 amide bonds. The Morgan fingerprint density at radius 1 is 1.00 bits per heavy atom. The average molecular weight is 290 g/mol. The molecule has 0 bridgehead atoms. The van der Waals surface area contributed by atoms with E-state index in [0.717, 1.165) is 33.9 Å². The van der Waals surface area contributed by atoms with Gasteiger partial charge in [0.2, 0.25) is 0 Å². The number of hydrogen-bond acceptors (Lipinski definition) is 5. The van der Waals surface area contributed by atoms with Gasteiger partial charge < -0.3 is 5.32 Å². The summed E-state index contributed by atoms with van der Waals surface area (Å²) in [5.41, 5.74) is 4.52. The van der Waals surface area contributed by atoms with Crippen LogP contribution in [0.25, 0.3) is 16.7 Å². The van der Waals surface area contributed by atoms with Gasteiger partial charge in [0.15, 0.2) is 5.65 Å². The molecule has 1 N–H and O–H groups in total. The topological polar surface area (TPSA) is 68.0 Å². The molecule has 3 heterocycles. The number of fused-ring (bicyclic) bond motifs is 2. The normalized spacial score (nSPS) is 11.1. The summed E-state index contributed by atoms with van der Waals surface area (Å²) in [6.45, 7) is 2.56. The van der Waals surface area contributed by atoms with Crippen LogP contribution in [0.4, 0.5) is 5.82 Å². The number of anilines is 1. The Morgan fingerprint density at radius 2 is 1.82 bits per heavy atom. The molecule has 4 aromatic rings. The molecule has 22 heavy (non-hydrogen) atoms. The molecule has 0 radical (unpaired) electrons. The highest BCUT2D eigenvalue weighted by Gasteiger charge is 2.06. The van der Waals surface area contributed by atoms with Crippen LogP contribution in [0.1, 0.15) is 11.4 Å². The minimum atomic E-state index is 0.606. The Kier molecular flexibility index (Phi) is 2.93. The Hall–Kier alpha value is -3.02. The quantitative estimate of drug-likeness (QED) is 0.628. The van der Waals surface area contributed by atoms with Crippen LogP contribution in [-0.4, -0.2) is 24.6 Å². The van der Waals surface area contributed by atoms with Crippen molar-refractivity contribution in [3.8, 4) is 0 Å².